The predicted molar refractivity (Wildman–Crippen MR) is 71.2 cm³/mol. The smallest absolute Gasteiger partial charge is 0.326 e. The Balaban J connectivity index is 4.34. The fourth-order valence-corrected chi connectivity index (χ4v) is 2.09. The summed E-state index contributed by atoms with van der Waals surface area (Å²) in [5, 5.41) is 11.2. The summed E-state index contributed by atoms with van der Waals surface area (Å²) in [6, 6.07) is -1.24. The van der Waals surface area contributed by atoms with E-state index in [9.17, 15) is 14.4 Å². The fourth-order valence-electron chi connectivity index (χ4n) is 2.09. The van der Waals surface area contributed by atoms with Crippen LogP contribution in [0, 0.1) is 11.3 Å². The van der Waals surface area contributed by atoms with Gasteiger partial charge < -0.3 is 16.2 Å². The topological polar surface area (TPSA) is 109 Å². The molecule has 0 aliphatic carbocycles. The monoisotopic (exact) mass is 272 g/mol. The van der Waals surface area contributed by atoms with Crippen molar-refractivity contribution in [2.75, 3.05) is 0 Å². The van der Waals surface area contributed by atoms with E-state index in [1.165, 1.54) is 0 Å². The van der Waals surface area contributed by atoms with Gasteiger partial charge in [0.25, 0.3) is 0 Å². The standard InChI is InChI=1S/C13H24N2O4/c1-8(7-13(2,3)4)5-11(17)15-9(12(18)19)6-10(14)16/h8-9H,5-7H2,1-4H3,(H2,14,16)(H,15,17)(H,18,19)/t8?,9-/m0/s1. The first-order chi connectivity index (χ1) is 8.51. The van der Waals surface area contributed by atoms with Crippen LogP contribution >= 0.6 is 0 Å². The minimum atomic E-state index is -1.25. The maximum Gasteiger partial charge on any atom is 0.326 e. The van der Waals surface area contributed by atoms with E-state index in [0.29, 0.717) is 0 Å². The molecule has 1 unspecified atom stereocenters. The summed E-state index contributed by atoms with van der Waals surface area (Å²) in [7, 11) is 0. The summed E-state index contributed by atoms with van der Waals surface area (Å²) in [6.45, 7) is 8.17. The van der Waals surface area contributed by atoms with E-state index < -0.39 is 24.3 Å². The number of primary amides is 1. The molecule has 0 aromatic carbocycles. The van der Waals surface area contributed by atoms with Crippen LogP contribution < -0.4 is 11.1 Å². The van der Waals surface area contributed by atoms with E-state index in [1.54, 1.807) is 0 Å². The third-order valence-corrected chi connectivity index (χ3v) is 2.53. The molecule has 0 saturated carbocycles. The molecule has 2 amide bonds. The minimum absolute atomic E-state index is 0.110. The van der Waals surface area contributed by atoms with E-state index in [4.69, 9.17) is 10.8 Å². The number of nitrogens with two attached hydrogens (primary N) is 1. The number of aliphatic carboxylic acids is 1. The third kappa shape index (κ3) is 9.04. The number of carbonyl (C=O) groups excluding carboxylic acids is 2. The summed E-state index contributed by atoms with van der Waals surface area (Å²) < 4.78 is 0. The lowest BCUT2D eigenvalue weighted by Gasteiger charge is -2.23. The largest absolute Gasteiger partial charge is 0.480 e. The maximum absolute atomic E-state index is 11.7. The van der Waals surface area contributed by atoms with Gasteiger partial charge in [-0.2, -0.15) is 0 Å². The van der Waals surface area contributed by atoms with Gasteiger partial charge in [0, 0.05) is 6.42 Å². The van der Waals surface area contributed by atoms with Crippen molar-refractivity contribution in [1.29, 1.82) is 0 Å². The summed E-state index contributed by atoms with van der Waals surface area (Å²) >= 11 is 0. The molecule has 0 aromatic heterocycles. The molecule has 0 spiro atoms. The number of carboxylic acid groups (broad SMARTS) is 1. The minimum Gasteiger partial charge on any atom is -0.480 e. The zero-order valence-electron chi connectivity index (χ0n) is 12.0. The molecule has 4 N–H and O–H groups in total. The SMILES string of the molecule is CC(CC(=O)N[C@@H](CC(N)=O)C(=O)O)CC(C)(C)C. The van der Waals surface area contributed by atoms with E-state index in [0.717, 1.165) is 6.42 Å². The molecule has 6 nitrogen and oxygen atoms in total. The maximum atomic E-state index is 11.7. The van der Waals surface area contributed by atoms with Gasteiger partial charge in [0.2, 0.25) is 11.8 Å². The first kappa shape index (κ1) is 17.4. The van der Waals surface area contributed by atoms with Gasteiger partial charge in [-0.05, 0) is 17.8 Å². The second-order valence-corrected chi connectivity index (χ2v) is 6.20. The number of rotatable bonds is 7. The second-order valence-electron chi connectivity index (χ2n) is 6.20. The van der Waals surface area contributed by atoms with Crippen molar-refractivity contribution >= 4 is 17.8 Å². The number of amides is 2. The highest BCUT2D eigenvalue weighted by Crippen LogP contribution is 2.25. The Bertz CT molecular complexity index is 347. The molecule has 6 heteroatoms. The Morgan fingerprint density at radius 2 is 1.74 bits per heavy atom. The lowest BCUT2D eigenvalue weighted by molar-refractivity contribution is -0.143. The molecule has 0 radical (unpaired) electrons. The van der Waals surface area contributed by atoms with Crippen LogP contribution in [0.25, 0.3) is 0 Å². The highest BCUT2D eigenvalue weighted by Gasteiger charge is 2.24. The van der Waals surface area contributed by atoms with E-state index in [1.807, 2.05) is 6.92 Å². The van der Waals surface area contributed by atoms with Crippen LogP contribution in [-0.4, -0.2) is 28.9 Å². The van der Waals surface area contributed by atoms with E-state index in [2.05, 4.69) is 26.1 Å². The van der Waals surface area contributed by atoms with Crippen molar-refractivity contribution in [3.05, 3.63) is 0 Å². The average molecular weight is 272 g/mol. The molecule has 0 aromatic rings. The number of carbonyl (C=O) groups is 3. The van der Waals surface area contributed by atoms with Crippen molar-refractivity contribution in [1.82, 2.24) is 5.32 Å². The molecule has 0 aliphatic rings. The number of nitrogens with one attached hydrogen (secondary N) is 1. The van der Waals surface area contributed by atoms with Crippen molar-refractivity contribution in [2.24, 2.45) is 17.1 Å². The lowest BCUT2D eigenvalue weighted by atomic mass is 9.84. The Kier molecular flexibility index (Phi) is 6.52. The fraction of sp³-hybridized carbons (Fsp3) is 0.769. The molecule has 0 aliphatic heterocycles. The van der Waals surface area contributed by atoms with Crippen LogP contribution in [0.2, 0.25) is 0 Å². The van der Waals surface area contributed by atoms with E-state index >= 15 is 0 Å². The Labute approximate surface area is 113 Å². The first-order valence-corrected chi connectivity index (χ1v) is 6.31. The molecule has 0 bridgehead atoms. The summed E-state index contributed by atoms with van der Waals surface area (Å²) in [6.07, 6.45) is 0.697. The zero-order chi connectivity index (χ0) is 15.2. The summed E-state index contributed by atoms with van der Waals surface area (Å²) in [5.74, 6) is -2.24. The Morgan fingerprint density at radius 1 is 1.21 bits per heavy atom. The zero-order valence-corrected chi connectivity index (χ0v) is 12.0. The van der Waals surface area contributed by atoms with Crippen LogP contribution in [0.15, 0.2) is 0 Å². The molecular weight excluding hydrogens is 248 g/mol. The number of hydrogen-bond donors (Lipinski definition) is 3. The van der Waals surface area contributed by atoms with Gasteiger partial charge >= 0.3 is 5.97 Å². The van der Waals surface area contributed by atoms with Crippen LogP contribution in [0.5, 0.6) is 0 Å². The molecule has 0 heterocycles. The summed E-state index contributed by atoms with van der Waals surface area (Å²) in [4.78, 5) is 33.3. The highest BCUT2D eigenvalue weighted by molar-refractivity contribution is 5.88. The quantitative estimate of drug-likeness (QED) is 0.639. The van der Waals surface area contributed by atoms with Gasteiger partial charge in [-0.25, -0.2) is 4.79 Å². The molecule has 19 heavy (non-hydrogen) atoms. The van der Waals surface area contributed by atoms with Crippen LogP contribution in [0.4, 0.5) is 0 Å². The molecular formula is C13H24N2O4. The first-order valence-electron chi connectivity index (χ1n) is 6.31. The number of carboxylic acids is 1. The van der Waals surface area contributed by atoms with E-state index in [-0.39, 0.29) is 23.7 Å². The van der Waals surface area contributed by atoms with Crippen molar-refractivity contribution < 1.29 is 19.5 Å². The Hall–Kier alpha value is -1.59. The molecule has 0 fully saturated rings. The van der Waals surface area contributed by atoms with Crippen molar-refractivity contribution in [3.63, 3.8) is 0 Å². The second kappa shape index (κ2) is 7.11. The summed E-state index contributed by atoms with van der Waals surface area (Å²) in [5.41, 5.74) is 5.05. The third-order valence-electron chi connectivity index (χ3n) is 2.53. The van der Waals surface area contributed by atoms with Gasteiger partial charge in [0.05, 0.1) is 6.42 Å². The van der Waals surface area contributed by atoms with Gasteiger partial charge in [0.1, 0.15) is 6.04 Å². The molecule has 0 saturated heterocycles. The highest BCUT2D eigenvalue weighted by atomic mass is 16.4. The molecule has 0 rings (SSSR count). The van der Waals surface area contributed by atoms with Crippen molar-refractivity contribution in [2.45, 2.75) is 53.0 Å². The van der Waals surface area contributed by atoms with Gasteiger partial charge in [-0.15, -0.1) is 0 Å². The normalized spacial score (nSPS) is 14.5. The predicted octanol–water partition coefficient (Wildman–Crippen LogP) is 0.894. The molecule has 2 atom stereocenters. The lowest BCUT2D eigenvalue weighted by Crippen LogP contribution is -2.43. The van der Waals surface area contributed by atoms with Gasteiger partial charge in [-0.3, -0.25) is 9.59 Å². The van der Waals surface area contributed by atoms with Crippen LogP contribution in [0.1, 0.15) is 47.0 Å². The van der Waals surface area contributed by atoms with Gasteiger partial charge in [0.15, 0.2) is 0 Å². The van der Waals surface area contributed by atoms with Crippen molar-refractivity contribution in [3.8, 4) is 0 Å². The molecule has 110 valence electrons. The number of hydrogen-bond acceptors (Lipinski definition) is 3. The Morgan fingerprint density at radius 3 is 2.11 bits per heavy atom. The van der Waals surface area contributed by atoms with Crippen LogP contribution in [0.3, 0.4) is 0 Å². The average Bonchev–Trinajstić information content (AvgIpc) is 2.11. The van der Waals surface area contributed by atoms with Gasteiger partial charge in [-0.1, -0.05) is 27.7 Å². The van der Waals surface area contributed by atoms with Crippen LogP contribution in [-0.2, 0) is 14.4 Å².